The highest BCUT2D eigenvalue weighted by Gasteiger charge is 2.14. The number of anilines is 1. The Morgan fingerprint density at radius 3 is 2.58 bits per heavy atom. The fraction of sp³-hybridized carbons (Fsp3) is 0.474. The standard InChI is InChI=1S/C19H27N3OS/c1-12(2)10-22-16(6)15(5)20-19(22)24-11-18(23)21-17-8-7-13(3)9-14(17)4/h7-9,12H,10-11H2,1-6H3,(H,21,23). The number of thioether (sulfide) groups is 1. The molecule has 0 bridgehead atoms. The van der Waals surface area contributed by atoms with Crippen LogP contribution in [0.15, 0.2) is 23.4 Å². The molecule has 0 spiro atoms. The smallest absolute Gasteiger partial charge is 0.234 e. The Morgan fingerprint density at radius 2 is 1.96 bits per heavy atom. The van der Waals surface area contributed by atoms with Crippen molar-refractivity contribution < 1.29 is 4.79 Å². The van der Waals surface area contributed by atoms with Gasteiger partial charge in [-0.15, -0.1) is 0 Å². The van der Waals surface area contributed by atoms with Gasteiger partial charge < -0.3 is 9.88 Å². The summed E-state index contributed by atoms with van der Waals surface area (Å²) in [4.78, 5) is 16.9. The van der Waals surface area contributed by atoms with Crippen LogP contribution in [-0.4, -0.2) is 21.2 Å². The zero-order valence-corrected chi connectivity index (χ0v) is 16.3. The lowest BCUT2D eigenvalue weighted by Crippen LogP contribution is -2.16. The number of nitrogens with one attached hydrogen (secondary N) is 1. The van der Waals surface area contributed by atoms with Crippen LogP contribution in [-0.2, 0) is 11.3 Å². The van der Waals surface area contributed by atoms with E-state index in [0.29, 0.717) is 11.7 Å². The maximum atomic E-state index is 12.3. The van der Waals surface area contributed by atoms with Crippen molar-refractivity contribution in [1.82, 2.24) is 9.55 Å². The molecule has 24 heavy (non-hydrogen) atoms. The minimum absolute atomic E-state index is 0.00126. The summed E-state index contributed by atoms with van der Waals surface area (Å²) in [6, 6.07) is 6.05. The summed E-state index contributed by atoms with van der Waals surface area (Å²) in [6.45, 7) is 13.5. The Morgan fingerprint density at radius 1 is 1.25 bits per heavy atom. The SMILES string of the molecule is Cc1ccc(NC(=O)CSc2nc(C)c(C)n2CC(C)C)c(C)c1. The summed E-state index contributed by atoms with van der Waals surface area (Å²) in [5.74, 6) is 0.906. The lowest BCUT2D eigenvalue weighted by molar-refractivity contribution is -0.113. The number of rotatable bonds is 6. The van der Waals surface area contributed by atoms with Crippen LogP contribution < -0.4 is 5.32 Å². The van der Waals surface area contributed by atoms with Gasteiger partial charge in [-0.25, -0.2) is 4.98 Å². The number of hydrogen-bond acceptors (Lipinski definition) is 3. The first-order valence-corrected chi connectivity index (χ1v) is 9.30. The molecular formula is C19H27N3OS. The Bertz CT molecular complexity index is 734. The normalized spacial score (nSPS) is 11.1. The number of nitrogens with zero attached hydrogens (tertiary/aromatic N) is 2. The molecule has 0 unspecified atom stereocenters. The van der Waals surface area contributed by atoms with Crippen molar-refractivity contribution in [2.24, 2.45) is 5.92 Å². The van der Waals surface area contributed by atoms with E-state index in [2.05, 4.69) is 41.7 Å². The van der Waals surface area contributed by atoms with Crippen LogP contribution in [0, 0.1) is 33.6 Å². The summed E-state index contributed by atoms with van der Waals surface area (Å²) in [6.07, 6.45) is 0. The number of aryl methyl sites for hydroxylation is 3. The van der Waals surface area contributed by atoms with E-state index >= 15 is 0 Å². The Balaban J connectivity index is 2.02. The van der Waals surface area contributed by atoms with Gasteiger partial charge in [0.2, 0.25) is 5.91 Å². The first-order chi connectivity index (χ1) is 11.3. The lowest BCUT2D eigenvalue weighted by atomic mass is 10.1. The van der Waals surface area contributed by atoms with Crippen molar-refractivity contribution in [3.63, 3.8) is 0 Å². The lowest BCUT2D eigenvalue weighted by Gasteiger charge is -2.12. The minimum atomic E-state index is 0.00126. The zero-order valence-electron chi connectivity index (χ0n) is 15.4. The molecule has 0 aliphatic heterocycles. The minimum Gasteiger partial charge on any atom is -0.325 e. The van der Waals surface area contributed by atoms with Crippen LogP contribution >= 0.6 is 11.8 Å². The second-order valence-electron chi connectivity index (χ2n) is 6.72. The summed E-state index contributed by atoms with van der Waals surface area (Å²) < 4.78 is 2.22. The predicted octanol–water partition coefficient (Wildman–Crippen LogP) is 4.50. The van der Waals surface area contributed by atoms with E-state index in [-0.39, 0.29) is 5.91 Å². The summed E-state index contributed by atoms with van der Waals surface area (Å²) in [7, 11) is 0. The maximum absolute atomic E-state index is 12.3. The molecule has 0 atom stereocenters. The molecule has 5 heteroatoms. The molecule has 0 aliphatic carbocycles. The molecule has 1 aromatic heterocycles. The van der Waals surface area contributed by atoms with Gasteiger partial charge in [0.15, 0.2) is 5.16 Å². The number of benzene rings is 1. The van der Waals surface area contributed by atoms with Crippen LogP contribution in [0.25, 0.3) is 0 Å². The first-order valence-electron chi connectivity index (χ1n) is 8.31. The molecule has 0 saturated carbocycles. The highest BCUT2D eigenvalue weighted by molar-refractivity contribution is 7.99. The van der Waals surface area contributed by atoms with Crippen molar-refractivity contribution in [1.29, 1.82) is 0 Å². The number of carbonyl (C=O) groups excluding carboxylic acids is 1. The van der Waals surface area contributed by atoms with Crippen LogP contribution in [0.3, 0.4) is 0 Å². The van der Waals surface area contributed by atoms with Crippen LogP contribution in [0.4, 0.5) is 5.69 Å². The van der Waals surface area contributed by atoms with Gasteiger partial charge in [-0.2, -0.15) is 0 Å². The average molecular weight is 346 g/mol. The Hall–Kier alpha value is -1.75. The van der Waals surface area contributed by atoms with Gasteiger partial charge in [-0.05, 0) is 45.2 Å². The summed E-state index contributed by atoms with van der Waals surface area (Å²) in [5, 5.41) is 3.92. The molecule has 1 amide bonds. The Kier molecular flexibility index (Phi) is 6.10. The molecule has 130 valence electrons. The van der Waals surface area contributed by atoms with E-state index < -0.39 is 0 Å². The van der Waals surface area contributed by atoms with E-state index in [1.807, 2.05) is 32.9 Å². The number of aromatic nitrogens is 2. The second-order valence-corrected chi connectivity index (χ2v) is 7.67. The second kappa shape index (κ2) is 7.88. The molecule has 0 saturated heterocycles. The predicted molar refractivity (Wildman–Crippen MR) is 102 cm³/mol. The molecule has 1 N–H and O–H groups in total. The fourth-order valence-electron chi connectivity index (χ4n) is 2.58. The van der Waals surface area contributed by atoms with Crippen molar-refractivity contribution in [2.45, 2.75) is 53.2 Å². The highest BCUT2D eigenvalue weighted by Crippen LogP contribution is 2.23. The number of amides is 1. The number of carbonyl (C=O) groups is 1. The molecular weight excluding hydrogens is 318 g/mol. The van der Waals surface area contributed by atoms with Crippen molar-refractivity contribution in [3.8, 4) is 0 Å². The molecule has 1 aromatic carbocycles. The van der Waals surface area contributed by atoms with Gasteiger partial charge in [0.25, 0.3) is 0 Å². The Labute approximate surface area is 149 Å². The topological polar surface area (TPSA) is 46.9 Å². The van der Waals surface area contributed by atoms with Gasteiger partial charge in [0, 0.05) is 17.9 Å². The largest absolute Gasteiger partial charge is 0.325 e. The first kappa shape index (κ1) is 18.6. The molecule has 2 aromatic rings. The fourth-order valence-corrected chi connectivity index (χ4v) is 3.49. The molecule has 2 rings (SSSR count). The van der Waals surface area contributed by atoms with E-state index in [1.165, 1.54) is 23.0 Å². The quantitative estimate of drug-likeness (QED) is 0.784. The molecule has 4 nitrogen and oxygen atoms in total. The van der Waals surface area contributed by atoms with E-state index in [9.17, 15) is 4.79 Å². The monoisotopic (exact) mass is 345 g/mol. The third-order valence-electron chi connectivity index (χ3n) is 3.96. The maximum Gasteiger partial charge on any atom is 0.234 e. The number of hydrogen-bond donors (Lipinski definition) is 1. The van der Waals surface area contributed by atoms with Crippen molar-refractivity contribution in [2.75, 3.05) is 11.1 Å². The van der Waals surface area contributed by atoms with Crippen LogP contribution in [0.5, 0.6) is 0 Å². The number of imidazole rings is 1. The summed E-state index contributed by atoms with van der Waals surface area (Å²) >= 11 is 1.50. The molecule has 0 radical (unpaired) electrons. The van der Waals surface area contributed by atoms with E-state index in [0.717, 1.165) is 28.6 Å². The molecule has 1 heterocycles. The van der Waals surface area contributed by atoms with Gasteiger partial charge in [0.1, 0.15) is 0 Å². The van der Waals surface area contributed by atoms with E-state index in [4.69, 9.17) is 0 Å². The van der Waals surface area contributed by atoms with Gasteiger partial charge >= 0.3 is 0 Å². The van der Waals surface area contributed by atoms with E-state index in [1.54, 1.807) is 0 Å². The third-order valence-corrected chi connectivity index (χ3v) is 4.94. The molecule has 0 aliphatic rings. The van der Waals surface area contributed by atoms with Gasteiger partial charge in [0.05, 0.1) is 11.4 Å². The summed E-state index contributed by atoms with van der Waals surface area (Å²) in [5.41, 5.74) is 5.38. The van der Waals surface area contributed by atoms with Crippen LogP contribution in [0.2, 0.25) is 0 Å². The van der Waals surface area contributed by atoms with Crippen molar-refractivity contribution >= 4 is 23.4 Å². The highest BCUT2D eigenvalue weighted by atomic mass is 32.2. The molecule has 0 fully saturated rings. The van der Waals surface area contributed by atoms with Crippen molar-refractivity contribution in [3.05, 3.63) is 40.7 Å². The third kappa shape index (κ3) is 4.63. The van der Waals surface area contributed by atoms with Crippen LogP contribution in [0.1, 0.15) is 36.4 Å². The average Bonchev–Trinajstić information content (AvgIpc) is 2.75. The van der Waals surface area contributed by atoms with Gasteiger partial charge in [-0.3, -0.25) is 4.79 Å². The van der Waals surface area contributed by atoms with Gasteiger partial charge in [-0.1, -0.05) is 43.3 Å². The zero-order chi connectivity index (χ0) is 17.9.